The second-order valence-electron chi connectivity index (χ2n) is 6.60. The number of thiophene rings is 1. The summed E-state index contributed by atoms with van der Waals surface area (Å²) >= 11 is 1.56. The number of nitrogens with one attached hydrogen (secondary N) is 2. The highest BCUT2D eigenvalue weighted by molar-refractivity contribution is 7.08. The van der Waals surface area contributed by atoms with Crippen LogP contribution in [0.1, 0.15) is 40.6 Å². The van der Waals surface area contributed by atoms with Gasteiger partial charge in [0.2, 0.25) is 5.91 Å². The van der Waals surface area contributed by atoms with Crippen molar-refractivity contribution >= 4 is 23.2 Å². The van der Waals surface area contributed by atoms with E-state index in [0.29, 0.717) is 18.6 Å². The van der Waals surface area contributed by atoms with Crippen LogP contribution in [0.15, 0.2) is 33.6 Å². The van der Waals surface area contributed by atoms with Gasteiger partial charge in [-0.25, -0.2) is 0 Å². The molecule has 140 valence electrons. The minimum atomic E-state index is -0.326. The molecule has 1 saturated heterocycles. The summed E-state index contributed by atoms with van der Waals surface area (Å²) in [7, 11) is 1.82. The third kappa shape index (κ3) is 3.50. The van der Waals surface area contributed by atoms with Crippen LogP contribution in [0.4, 0.5) is 0 Å². The summed E-state index contributed by atoms with van der Waals surface area (Å²) in [6, 6.07) is 3.12. The summed E-state index contributed by atoms with van der Waals surface area (Å²) in [5.74, 6) is 0.164. The summed E-state index contributed by atoms with van der Waals surface area (Å²) < 4.78 is 7.02. The molecule has 1 aliphatic rings. The number of carbonyl (C=O) groups is 2. The number of hydrogen-bond donors (Lipinski definition) is 2. The maximum absolute atomic E-state index is 12.7. The maximum Gasteiger partial charge on any atom is 0.273 e. The standard InChI is InChI=1S/C18H19N5O3S/c1-10-12(8-23(2)21-10)15-7-14(22-26-15)18(25)19-13-3-4-16(24)20-17(13)11-5-6-27-9-11/h5-9,13,17H,3-4H2,1-2H3,(H,19,25)(H,20,24)/t13-,17+/m1/s1. The molecule has 2 amide bonds. The second-order valence-corrected chi connectivity index (χ2v) is 7.38. The van der Waals surface area contributed by atoms with E-state index in [2.05, 4.69) is 20.9 Å². The van der Waals surface area contributed by atoms with Crippen molar-refractivity contribution in [1.82, 2.24) is 25.6 Å². The fourth-order valence-corrected chi connectivity index (χ4v) is 4.01. The van der Waals surface area contributed by atoms with Gasteiger partial charge in [0, 0.05) is 25.7 Å². The third-order valence-corrected chi connectivity index (χ3v) is 5.34. The van der Waals surface area contributed by atoms with Gasteiger partial charge in [0.05, 0.1) is 23.3 Å². The molecule has 0 bridgehead atoms. The van der Waals surface area contributed by atoms with Crippen LogP contribution in [0.5, 0.6) is 0 Å². The molecule has 4 rings (SSSR count). The Kier molecular flexibility index (Phi) is 4.53. The molecule has 2 N–H and O–H groups in total. The van der Waals surface area contributed by atoms with Crippen molar-refractivity contribution < 1.29 is 14.1 Å². The van der Waals surface area contributed by atoms with Crippen LogP contribution < -0.4 is 10.6 Å². The zero-order valence-corrected chi connectivity index (χ0v) is 15.7. The Morgan fingerprint density at radius 3 is 3.04 bits per heavy atom. The van der Waals surface area contributed by atoms with Crippen LogP contribution in [-0.4, -0.2) is 32.8 Å². The second kappa shape index (κ2) is 6.99. The first-order valence-electron chi connectivity index (χ1n) is 8.61. The van der Waals surface area contributed by atoms with Gasteiger partial charge in [0.1, 0.15) is 0 Å². The number of piperidine rings is 1. The molecule has 0 unspecified atom stereocenters. The van der Waals surface area contributed by atoms with Gasteiger partial charge in [-0.05, 0) is 35.7 Å². The summed E-state index contributed by atoms with van der Waals surface area (Å²) in [6.07, 6.45) is 2.77. The molecule has 1 aliphatic heterocycles. The quantitative estimate of drug-likeness (QED) is 0.717. The Bertz CT molecular complexity index is 975. The molecule has 0 radical (unpaired) electrons. The lowest BCUT2D eigenvalue weighted by Gasteiger charge is -2.32. The number of carbonyl (C=O) groups excluding carboxylic acids is 2. The maximum atomic E-state index is 12.7. The minimum absolute atomic E-state index is 0.00697. The topological polar surface area (TPSA) is 102 Å². The van der Waals surface area contributed by atoms with Gasteiger partial charge in [-0.3, -0.25) is 14.3 Å². The zero-order chi connectivity index (χ0) is 19.0. The van der Waals surface area contributed by atoms with Crippen LogP contribution in [0.2, 0.25) is 0 Å². The monoisotopic (exact) mass is 385 g/mol. The van der Waals surface area contributed by atoms with Crippen LogP contribution in [0, 0.1) is 6.92 Å². The van der Waals surface area contributed by atoms with Crippen molar-refractivity contribution in [3.8, 4) is 11.3 Å². The molecule has 8 nitrogen and oxygen atoms in total. The van der Waals surface area contributed by atoms with E-state index in [-0.39, 0.29) is 29.6 Å². The van der Waals surface area contributed by atoms with E-state index in [0.717, 1.165) is 16.8 Å². The van der Waals surface area contributed by atoms with Gasteiger partial charge in [0.15, 0.2) is 11.5 Å². The average molecular weight is 385 g/mol. The fraction of sp³-hybridized carbons (Fsp3) is 0.333. The highest BCUT2D eigenvalue weighted by Gasteiger charge is 2.32. The molecule has 1 fully saturated rings. The Morgan fingerprint density at radius 1 is 1.48 bits per heavy atom. The predicted octanol–water partition coefficient (Wildman–Crippen LogP) is 2.19. The molecule has 4 heterocycles. The van der Waals surface area contributed by atoms with E-state index in [9.17, 15) is 9.59 Å². The van der Waals surface area contributed by atoms with Gasteiger partial charge >= 0.3 is 0 Å². The van der Waals surface area contributed by atoms with Crippen molar-refractivity contribution in [2.45, 2.75) is 31.8 Å². The first-order valence-corrected chi connectivity index (χ1v) is 9.55. The molecule has 0 spiro atoms. The highest BCUT2D eigenvalue weighted by Crippen LogP contribution is 2.27. The summed E-state index contributed by atoms with van der Waals surface area (Å²) in [5.41, 5.74) is 2.79. The van der Waals surface area contributed by atoms with Crippen molar-refractivity contribution in [2.24, 2.45) is 7.05 Å². The lowest BCUT2D eigenvalue weighted by atomic mass is 9.93. The third-order valence-electron chi connectivity index (χ3n) is 4.64. The van der Waals surface area contributed by atoms with Crippen molar-refractivity contribution in [3.05, 3.63) is 46.0 Å². The van der Waals surface area contributed by atoms with Gasteiger partial charge < -0.3 is 15.2 Å². The lowest BCUT2D eigenvalue weighted by molar-refractivity contribution is -0.123. The normalized spacial score (nSPS) is 19.7. The number of aryl methyl sites for hydroxylation is 2. The first kappa shape index (κ1) is 17.5. The van der Waals surface area contributed by atoms with E-state index in [1.165, 1.54) is 0 Å². The van der Waals surface area contributed by atoms with Crippen molar-refractivity contribution in [3.63, 3.8) is 0 Å². The fourth-order valence-electron chi connectivity index (χ4n) is 3.32. The Morgan fingerprint density at radius 2 is 2.33 bits per heavy atom. The van der Waals surface area contributed by atoms with Crippen LogP contribution in [0.25, 0.3) is 11.3 Å². The molecular formula is C18H19N5O3S. The molecule has 0 saturated carbocycles. The zero-order valence-electron chi connectivity index (χ0n) is 14.9. The van der Waals surface area contributed by atoms with Crippen molar-refractivity contribution in [1.29, 1.82) is 0 Å². The first-order chi connectivity index (χ1) is 13.0. The lowest BCUT2D eigenvalue weighted by Crippen LogP contribution is -2.50. The molecule has 3 aromatic heterocycles. The number of hydrogen-bond acceptors (Lipinski definition) is 6. The Labute approximate surface area is 159 Å². The SMILES string of the molecule is Cc1nn(C)cc1-c1cc(C(=O)N[C@@H]2CCC(=O)N[C@H]2c2ccsc2)no1. The van der Waals surface area contributed by atoms with Gasteiger partial charge in [-0.2, -0.15) is 16.4 Å². The highest BCUT2D eigenvalue weighted by atomic mass is 32.1. The summed E-state index contributed by atoms with van der Waals surface area (Å²) in [5, 5.41) is 18.1. The van der Waals surface area contributed by atoms with E-state index < -0.39 is 0 Å². The van der Waals surface area contributed by atoms with Crippen LogP contribution in [-0.2, 0) is 11.8 Å². The number of rotatable bonds is 4. The van der Waals surface area contributed by atoms with Crippen LogP contribution in [0.3, 0.4) is 0 Å². The molecule has 3 aromatic rings. The van der Waals surface area contributed by atoms with Crippen LogP contribution >= 0.6 is 11.3 Å². The van der Waals surface area contributed by atoms with E-state index in [1.54, 1.807) is 22.1 Å². The van der Waals surface area contributed by atoms with Crippen molar-refractivity contribution in [2.75, 3.05) is 0 Å². The Hall–Kier alpha value is -2.94. The Balaban J connectivity index is 1.51. The minimum Gasteiger partial charge on any atom is -0.355 e. The molecular weight excluding hydrogens is 366 g/mol. The summed E-state index contributed by atoms with van der Waals surface area (Å²) in [6.45, 7) is 1.87. The summed E-state index contributed by atoms with van der Waals surface area (Å²) in [4.78, 5) is 24.5. The molecule has 0 aliphatic carbocycles. The molecule has 2 atom stereocenters. The van der Waals surface area contributed by atoms with E-state index >= 15 is 0 Å². The van der Waals surface area contributed by atoms with Gasteiger partial charge in [-0.15, -0.1) is 0 Å². The number of aromatic nitrogens is 3. The predicted molar refractivity (Wildman–Crippen MR) is 99.1 cm³/mol. The van der Waals surface area contributed by atoms with E-state index in [4.69, 9.17) is 4.52 Å². The van der Waals surface area contributed by atoms with Gasteiger partial charge in [0.25, 0.3) is 5.91 Å². The number of nitrogens with zero attached hydrogens (tertiary/aromatic N) is 3. The molecule has 27 heavy (non-hydrogen) atoms. The average Bonchev–Trinajstić information content (AvgIpc) is 3.37. The molecule has 0 aromatic carbocycles. The molecule has 9 heteroatoms. The smallest absolute Gasteiger partial charge is 0.273 e. The largest absolute Gasteiger partial charge is 0.355 e. The van der Waals surface area contributed by atoms with Gasteiger partial charge in [-0.1, -0.05) is 5.16 Å². The number of amides is 2. The van der Waals surface area contributed by atoms with E-state index in [1.807, 2.05) is 37.0 Å².